The fourth-order valence-corrected chi connectivity index (χ4v) is 3.77. The van der Waals surface area contributed by atoms with Gasteiger partial charge in [-0.1, -0.05) is 13.8 Å². The number of sulfonamides is 1. The number of nitrogens with zero attached hydrogens (tertiary/aromatic N) is 2. The Hall–Kier alpha value is -2.26. The van der Waals surface area contributed by atoms with Crippen LogP contribution in [0.2, 0.25) is 0 Å². The summed E-state index contributed by atoms with van der Waals surface area (Å²) < 4.78 is 27.5. The number of anilines is 1. The Bertz CT molecular complexity index is 902. The molecule has 0 unspecified atom stereocenters. The average Bonchev–Trinajstić information content (AvgIpc) is 2.89. The van der Waals surface area contributed by atoms with Gasteiger partial charge in [-0.05, 0) is 30.7 Å². The highest BCUT2D eigenvalue weighted by molar-refractivity contribution is 7.89. The van der Waals surface area contributed by atoms with Crippen LogP contribution in [-0.4, -0.2) is 29.5 Å². The molecule has 1 aliphatic rings. The first-order valence-electron chi connectivity index (χ1n) is 7.49. The molecule has 0 radical (unpaired) electrons. The van der Waals surface area contributed by atoms with Crippen molar-refractivity contribution in [2.45, 2.75) is 44.0 Å². The molecule has 0 atom stereocenters. The molecule has 1 aliphatic heterocycles. The van der Waals surface area contributed by atoms with Gasteiger partial charge in [-0.15, -0.1) is 0 Å². The summed E-state index contributed by atoms with van der Waals surface area (Å²) in [6, 6.07) is 4.71. The maximum atomic E-state index is 12.5. The number of fused-ring (bicyclic) bond motifs is 1. The minimum atomic E-state index is -3.70. The van der Waals surface area contributed by atoms with Crippen LogP contribution in [-0.2, 0) is 26.8 Å². The fraction of sp³-hybridized carbons (Fsp3) is 0.400. The Kier molecular flexibility index (Phi) is 3.92. The number of aromatic nitrogens is 3. The Balaban J connectivity index is 1.88. The molecule has 0 aliphatic carbocycles. The molecule has 0 saturated carbocycles. The average molecular weight is 349 g/mol. The maximum absolute atomic E-state index is 12.5. The van der Waals surface area contributed by atoms with Crippen molar-refractivity contribution in [1.82, 2.24) is 19.9 Å². The molecule has 0 fully saturated rings. The highest BCUT2D eigenvalue weighted by Gasteiger charge is 2.33. The summed E-state index contributed by atoms with van der Waals surface area (Å²) in [5.41, 5.74) is 1.03. The van der Waals surface area contributed by atoms with Crippen LogP contribution in [0.25, 0.3) is 0 Å². The van der Waals surface area contributed by atoms with E-state index < -0.39 is 15.4 Å². The number of H-pyrrole nitrogens is 1. The predicted molar refractivity (Wildman–Crippen MR) is 87.9 cm³/mol. The third-order valence-electron chi connectivity index (χ3n) is 3.97. The number of hydrogen-bond acceptors (Lipinski definition) is 5. The van der Waals surface area contributed by atoms with E-state index in [1.165, 1.54) is 6.07 Å². The monoisotopic (exact) mass is 349 g/mol. The van der Waals surface area contributed by atoms with Gasteiger partial charge in [-0.2, -0.15) is 5.10 Å². The Morgan fingerprint density at radius 1 is 1.33 bits per heavy atom. The van der Waals surface area contributed by atoms with Crippen LogP contribution in [0.4, 0.5) is 5.69 Å². The molecular formula is C15H19N5O3S. The van der Waals surface area contributed by atoms with Gasteiger partial charge in [0.15, 0.2) is 5.82 Å². The number of hydrogen-bond donors (Lipinski definition) is 3. The van der Waals surface area contributed by atoms with Gasteiger partial charge < -0.3 is 5.32 Å². The van der Waals surface area contributed by atoms with Crippen molar-refractivity contribution >= 4 is 21.6 Å². The second kappa shape index (κ2) is 5.67. The van der Waals surface area contributed by atoms with Crippen LogP contribution >= 0.6 is 0 Å². The lowest BCUT2D eigenvalue weighted by Crippen LogP contribution is -2.33. The van der Waals surface area contributed by atoms with Gasteiger partial charge in [0.1, 0.15) is 5.82 Å². The molecule has 1 aromatic carbocycles. The lowest BCUT2D eigenvalue weighted by atomic mass is 9.78. The first-order valence-corrected chi connectivity index (χ1v) is 8.98. The molecule has 1 aromatic heterocycles. The number of benzene rings is 1. The summed E-state index contributed by atoms with van der Waals surface area (Å²) in [6.07, 6.45) is 0.313. The van der Waals surface area contributed by atoms with E-state index in [9.17, 15) is 13.2 Å². The summed E-state index contributed by atoms with van der Waals surface area (Å²) in [7, 11) is -3.70. The van der Waals surface area contributed by atoms with Gasteiger partial charge in [0.25, 0.3) is 0 Å². The van der Waals surface area contributed by atoms with E-state index in [-0.39, 0.29) is 17.3 Å². The van der Waals surface area contributed by atoms with Crippen molar-refractivity contribution in [2.24, 2.45) is 0 Å². The second-order valence-electron chi connectivity index (χ2n) is 6.48. The fourth-order valence-electron chi connectivity index (χ4n) is 2.76. The lowest BCUT2D eigenvalue weighted by molar-refractivity contribution is -0.117. The summed E-state index contributed by atoms with van der Waals surface area (Å²) in [6.45, 7) is 5.59. The van der Waals surface area contributed by atoms with Gasteiger partial charge >= 0.3 is 0 Å². The SMILES string of the molecule is Cc1nc(CNS(=O)(=O)c2ccc3c(c2)C(C)(C)CC(=O)N3)n[nH]1. The molecule has 0 saturated heterocycles. The van der Waals surface area contributed by atoms with Crippen LogP contribution in [0.1, 0.15) is 37.5 Å². The summed E-state index contributed by atoms with van der Waals surface area (Å²) >= 11 is 0. The molecule has 1 amide bonds. The van der Waals surface area contributed by atoms with Gasteiger partial charge in [0.2, 0.25) is 15.9 Å². The standard InChI is InChI=1S/C15H19N5O3S/c1-9-17-13(20-19-9)8-16-24(22,23)10-4-5-12-11(6-10)15(2,3)7-14(21)18-12/h4-6,16H,7-8H2,1-3H3,(H,18,21)(H,17,19,20). The van der Waals surface area contributed by atoms with E-state index in [0.29, 0.717) is 23.8 Å². The number of rotatable bonds is 4. The highest BCUT2D eigenvalue weighted by atomic mass is 32.2. The first kappa shape index (κ1) is 16.6. The smallest absolute Gasteiger partial charge is 0.240 e. The van der Waals surface area contributed by atoms with Crippen molar-refractivity contribution in [2.75, 3.05) is 5.32 Å². The van der Waals surface area contributed by atoms with Crippen molar-refractivity contribution in [1.29, 1.82) is 0 Å². The summed E-state index contributed by atoms with van der Waals surface area (Å²) in [4.78, 5) is 15.9. The van der Waals surface area contributed by atoms with Crippen molar-refractivity contribution in [3.05, 3.63) is 35.4 Å². The molecule has 128 valence electrons. The molecule has 2 heterocycles. The van der Waals surface area contributed by atoms with Gasteiger partial charge in [0.05, 0.1) is 11.4 Å². The quantitative estimate of drug-likeness (QED) is 0.767. The zero-order valence-electron chi connectivity index (χ0n) is 13.7. The Morgan fingerprint density at radius 2 is 2.08 bits per heavy atom. The van der Waals surface area contributed by atoms with E-state index in [0.717, 1.165) is 5.56 Å². The number of carbonyl (C=O) groups excluding carboxylic acids is 1. The largest absolute Gasteiger partial charge is 0.326 e. The highest BCUT2D eigenvalue weighted by Crippen LogP contribution is 2.38. The Labute approximate surface area is 140 Å². The molecule has 0 spiro atoms. The topological polar surface area (TPSA) is 117 Å². The molecule has 3 N–H and O–H groups in total. The number of aryl methyl sites for hydroxylation is 1. The van der Waals surface area contributed by atoms with Crippen molar-refractivity contribution in [3.63, 3.8) is 0 Å². The van der Waals surface area contributed by atoms with Crippen molar-refractivity contribution in [3.8, 4) is 0 Å². The summed E-state index contributed by atoms with van der Waals surface area (Å²) in [5, 5.41) is 9.34. The first-order chi connectivity index (χ1) is 11.2. The zero-order valence-corrected chi connectivity index (χ0v) is 14.5. The third kappa shape index (κ3) is 3.17. The van der Waals surface area contributed by atoms with Crippen LogP contribution in [0.15, 0.2) is 23.1 Å². The van der Waals surface area contributed by atoms with Crippen LogP contribution in [0.3, 0.4) is 0 Å². The zero-order chi connectivity index (χ0) is 17.5. The van der Waals surface area contributed by atoms with E-state index in [1.807, 2.05) is 13.8 Å². The predicted octanol–water partition coefficient (Wildman–Crippen LogP) is 1.21. The number of amides is 1. The van der Waals surface area contributed by atoms with Gasteiger partial charge in [-0.3, -0.25) is 9.89 Å². The maximum Gasteiger partial charge on any atom is 0.240 e. The van der Waals surface area contributed by atoms with E-state index in [1.54, 1.807) is 19.1 Å². The lowest BCUT2D eigenvalue weighted by Gasteiger charge is -2.32. The minimum Gasteiger partial charge on any atom is -0.326 e. The van der Waals surface area contributed by atoms with E-state index >= 15 is 0 Å². The third-order valence-corrected chi connectivity index (χ3v) is 5.37. The van der Waals surface area contributed by atoms with Crippen molar-refractivity contribution < 1.29 is 13.2 Å². The molecule has 9 heteroatoms. The molecule has 2 aromatic rings. The molecule has 0 bridgehead atoms. The molecule has 8 nitrogen and oxygen atoms in total. The van der Waals surface area contributed by atoms with Gasteiger partial charge in [0, 0.05) is 17.5 Å². The molecule has 3 rings (SSSR count). The second-order valence-corrected chi connectivity index (χ2v) is 8.24. The Morgan fingerprint density at radius 3 is 2.75 bits per heavy atom. The number of carbonyl (C=O) groups is 1. The summed E-state index contributed by atoms with van der Waals surface area (Å²) in [5.74, 6) is 0.929. The van der Waals surface area contributed by atoms with Crippen LogP contribution in [0, 0.1) is 6.92 Å². The van der Waals surface area contributed by atoms with E-state index in [4.69, 9.17) is 0 Å². The molecule has 24 heavy (non-hydrogen) atoms. The normalized spacial score (nSPS) is 16.5. The van der Waals surface area contributed by atoms with Crippen LogP contribution < -0.4 is 10.0 Å². The molecular weight excluding hydrogens is 330 g/mol. The number of nitrogens with one attached hydrogen (secondary N) is 3. The van der Waals surface area contributed by atoms with Gasteiger partial charge in [-0.25, -0.2) is 18.1 Å². The number of aromatic amines is 1. The minimum absolute atomic E-state index is 0.00386. The van der Waals surface area contributed by atoms with E-state index in [2.05, 4.69) is 25.2 Å². The van der Waals surface area contributed by atoms with Crippen LogP contribution in [0.5, 0.6) is 0 Å².